The topological polar surface area (TPSA) is 30.3 Å². The van der Waals surface area contributed by atoms with Crippen molar-refractivity contribution in [3.05, 3.63) is 12.7 Å². The Hall–Kier alpha value is -0.850. The van der Waals surface area contributed by atoms with Crippen LogP contribution in [0.3, 0.4) is 0 Å². The quantitative estimate of drug-likeness (QED) is 0.680. The molecule has 1 saturated heterocycles. The van der Waals surface area contributed by atoms with Crippen LogP contribution in [0.5, 0.6) is 0 Å². The van der Waals surface area contributed by atoms with Crippen molar-refractivity contribution in [2.75, 3.05) is 33.2 Å². The summed E-state index contributed by atoms with van der Waals surface area (Å²) in [7, 11) is 2.13. The van der Waals surface area contributed by atoms with Crippen molar-refractivity contribution in [3.8, 4) is 6.07 Å². The lowest BCUT2D eigenvalue weighted by Crippen LogP contribution is -2.38. The lowest BCUT2D eigenvalue weighted by molar-refractivity contribution is 0.193. The monoisotopic (exact) mass is 221 g/mol. The molecule has 1 heterocycles. The Morgan fingerprint density at radius 3 is 2.75 bits per heavy atom. The number of hydrogen-bond acceptors (Lipinski definition) is 3. The van der Waals surface area contributed by atoms with Gasteiger partial charge in [-0.2, -0.15) is 5.26 Å². The van der Waals surface area contributed by atoms with Crippen molar-refractivity contribution in [1.82, 2.24) is 9.80 Å². The van der Waals surface area contributed by atoms with Gasteiger partial charge in [0.2, 0.25) is 0 Å². The van der Waals surface area contributed by atoms with Crippen molar-refractivity contribution >= 4 is 0 Å². The van der Waals surface area contributed by atoms with Crippen LogP contribution in [-0.4, -0.2) is 49.1 Å². The van der Waals surface area contributed by atoms with E-state index in [1.54, 1.807) is 0 Å². The molecule has 1 atom stereocenters. The van der Waals surface area contributed by atoms with E-state index >= 15 is 0 Å². The second kappa shape index (κ2) is 5.47. The molecule has 0 spiro atoms. The van der Waals surface area contributed by atoms with E-state index in [0.717, 1.165) is 26.2 Å². The van der Waals surface area contributed by atoms with Crippen molar-refractivity contribution in [1.29, 1.82) is 5.26 Å². The summed E-state index contributed by atoms with van der Waals surface area (Å²) in [5, 5.41) is 8.86. The lowest BCUT2D eigenvalue weighted by atomic mass is 9.92. The van der Waals surface area contributed by atoms with E-state index in [-0.39, 0.29) is 5.41 Å². The third-order valence-corrected chi connectivity index (χ3v) is 3.14. The molecule has 1 aliphatic heterocycles. The second-order valence-electron chi connectivity index (χ2n) is 5.58. The molecule has 0 aromatic heterocycles. The van der Waals surface area contributed by atoms with Crippen molar-refractivity contribution in [3.63, 3.8) is 0 Å². The lowest BCUT2D eigenvalue weighted by Gasteiger charge is -2.29. The van der Waals surface area contributed by atoms with Gasteiger partial charge in [0, 0.05) is 32.2 Å². The van der Waals surface area contributed by atoms with E-state index in [0.29, 0.717) is 12.5 Å². The van der Waals surface area contributed by atoms with Gasteiger partial charge in [0.05, 0.1) is 12.5 Å². The average Bonchev–Trinajstić information content (AvgIpc) is 2.24. The van der Waals surface area contributed by atoms with E-state index in [1.807, 2.05) is 6.08 Å². The Morgan fingerprint density at radius 1 is 1.50 bits per heavy atom. The Balaban J connectivity index is 2.76. The highest BCUT2D eigenvalue weighted by Gasteiger charge is 2.31. The molecule has 0 aromatic carbocycles. The minimum absolute atomic E-state index is 0.280. The average molecular weight is 221 g/mol. The maximum absolute atomic E-state index is 8.86. The third-order valence-electron chi connectivity index (χ3n) is 3.14. The first-order chi connectivity index (χ1) is 7.48. The molecule has 3 heteroatoms. The molecule has 16 heavy (non-hydrogen) atoms. The zero-order chi connectivity index (χ0) is 12.2. The van der Waals surface area contributed by atoms with Crippen LogP contribution in [0.4, 0.5) is 0 Å². The van der Waals surface area contributed by atoms with Gasteiger partial charge in [-0.25, -0.2) is 0 Å². The van der Waals surface area contributed by atoms with Gasteiger partial charge in [0.1, 0.15) is 0 Å². The van der Waals surface area contributed by atoms with Crippen LogP contribution in [-0.2, 0) is 0 Å². The number of hydrogen-bond donors (Lipinski definition) is 0. The van der Waals surface area contributed by atoms with Gasteiger partial charge in [-0.05, 0) is 12.5 Å². The number of nitrogens with zero attached hydrogens (tertiary/aromatic N) is 3. The molecule has 0 N–H and O–H groups in total. The first kappa shape index (κ1) is 13.2. The Kier molecular flexibility index (Phi) is 4.52. The van der Waals surface area contributed by atoms with Crippen LogP contribution < -0.4 is 0 Å². The second-order valence-corrected chi connectivity index (χ2v) is 5.58. The molecule has 0 saturated carbocycles. The van der Waals surface area contributed by atoms with Gasteiger partial charge >= 0.3 is 0 Å². The number of likely N-dealkylation sites (N-methyl/N-ethyl adjacent to an activating group) is 1. The molecule has 0 amide bonds. The highest BCUT2D eigenvalue weighted by Crippen LogP contribution is 2.24. The fourth-order valence-corrected chi connectivity index (χ4v) is 2.61. The first-order valence-corrected chi connectivity index (χ1v) is 5.89. The smallest absolute Gasteiger partial charge is 0.0638 e. The van der Waals surface area contributed by atoms with Crippen LogP contribution in [0.1, 0.15) is 20.3 Å². The largest absolute Gasteiger partial charge is 0.301 e. The standard InChI is InChI=1S/C13H23N3/c1-5-8-16-9-12(6-7-14)15(4)10-13(2,3)11-16/h5,12H,1,6,8-11H2,2-4H3. The molecule has 90 valence electrons. The van der Waals surface area contributed by atoms with Crippen LogP contribution >= 0.6 is 0 Å². The summed E-state index contributed by atoms with van der Waals surface area (Å²) < 4.78 is 0. The zero-order valence-corrected chi connectivity index (χ0v) is 10.7. The minimum atomic E-state index is 0.280. The van der Waals surface area contributed by atoms with Crippen LogP contribution in [0.25, 0.3) is 0 Å². The van der Waals surface area contributed by atoms with Gasteiger partial charge in [-0.1, -0.05) is 19.9 Å². The fraction of sp³-hybridized carbons (Fsp3) is 0.769. The Labute approximate surface area is 99.3 Å². The molecule has 1 unspecified atom stereocenters. The van der Waals surface area contributed by atoms with E-state index in [4.69, 9.17) is 5.26 Å². The van der Waals surface area contributed by atoms with Crippen molar-refractivity contribution < 1.29 is 0 Å². The maximum Gasteiger partial charge on any atom is 0.0638 e. The summed E-state index contributed by atoms with van der Waals surface area (Å²) in [6, 6.07) is 2.64. The molecule has 0 bridgehead atoms. The number of rotatable bonds is 3. The van der Waals surface area contributed by atoms with Crippen molar-refractivity contribution in [2.24, 2.45) is 5.41 Å². The summed E-state index contributed by atoms with van der Waals surface area (Å²) in [4.78, 5) is 4.73. The van der Waals surface area contributed by atoms with Gasteiger partial charge in [0.25, 0.3) is 0 Å². The molecule has 0 aromatic rings. The summed E-state index contributed by atoms with van der Waals surface area (Å²) >= 11 is 0. The van der Waals surface area contributed by atoms with Crippen molar-refractivity contribution in [2.45, 2.75) is 26.3 Å². The summed E-state index contributed by atoms with van der Waals surface area (Å²) in [6.07, 6.45) is 2.56. The van der Waals surface area contributed by atoms with Crippen LogP contribution in [0, 0.1) is 16.7 Å². The number of nitriles is 1. The molecule has 0 radical (unpaired) electrons. The van der Waals surface area contributed by atoms with E-state index < -0.39 is 0 Å². The predicted molar refractivity (Wildman–Crippen MR) is 67.1 cm³/mol. The third kappa shape index (κ3) is 3.62. The van der Waals surface area contributed by atoms with E-state index in [9.17, 15) is 0 Å². The summed E-state index contributed by atoms with van der Waals surface area (Å²) in [5.41, 5.74) is 0.280. The Bertz CT molecular complexity index is 277. The predicted octanol–water partition coefficient (Wildman–Crippen LogP) is 1.73. The maximum atomic E-state index is 8.86. The molecule has 1 fully saturated rings. The molecule has 3 nitrogen and oxygen atoms in total. The summed E-state index contributed by atoms with van der Waals surface area (Å²) in [5.74, 6) is 0. The van der Waals surface area contributed by atoms with Gasteiger partial charge in [-0.15, -0.1) is 6.58 Å². The molecule has 1 aliphatic rings. The fourth-order valence-electron chi connectivity index (χ4n) is 2.61. The highest BCUT2D eigenvalue weighted by molar-refractivity contribution is 4.92. The zero-order valence-electron chi connectivity index (χ0n) is 10.7. The van der Waals surface area contributed by atoms with E-state index in [1.165, 1.54) is 0 Å². The Morgan fingerprint density at radius 2 is 2.19 bits per heavy atom. The minimum Gasteiger partial charge on any atom is -0.301 e. The van der Waals surface area contributed by atoms with Crippen LogP contribution in [0.2, 0.25) is 0 Å². The molecule has 0 aliphatic carbocycles. The van der Waals surface area contributed by atoms with Crippen LogP contribution in [0.15, 0.2) is 12.7 Å². The molecule has 1 rings (SSSR count). The SMILES string of the molecule is C=CCN1CC(CC#N)N(C)CC(C)(C)C1. The van der Waals surface area contributed by atoms with Gasteiger partial charge < -0.3 is 4.90 Å². The molecular formula is C13H23N3. The highest BCUT2D eigenvalue weighted by atomic mass is 15.2. The van der Waals surface area contributed by atoms with Gasteiger partial charge in [-0.3, -0.25) is 4.90 Å². The normalized spacial score (nSPS) is 27.0. The van der Waals surface area contributed by atoms with Gasteiger partial charge in [0.15, 0.2) is 0 Å². The first-order valence-electron chi connectivity index (χ1n) is 5.89. The summed E-state index contributed by atoms with van der Waals surface area (Å²) in [6.45, 7) is 12.4. The van der Waals surface area contributed by atoms with E-state index in [2.05, 4.69) is 43.3 Å². The molecular weight excluding hydrogens is 198 g/mol.